The van der Waals surface area contributed by atoms with Crippen LogP contribution in [0, 0.1) is 6.92 Å². The van der Waals surface area contributed by atoms with Crippen molar-refractivity contribution < 1.29 is 4.79 Å². The molecule has 0 fully saturated rings. The predicted molar refractivity (Wildman–Crippen MR) is 85.9 cm³/mol. The first-order valence-corrected chi connectivity index (χ1v) is 7.47. The number of carbonyl (C=O) groups is 1. The normalized spacial score (nSPS) is 11.0. The molecule has 0 unspecified atom stereocenters. The zero-order chi connectivity index (χ0) is 15.4. The molecule has 1 aromatic carbocycles. The van der Waals surface area contributed by atoms with E-state index in [1.807, 2.05) is 42.6 Å². The second-order valence-electron chi connectivity index (χ2n) is 4.51. The molecule has 0 saturated heterocycles. The number of aryl methyl sites for hydroxylation is 1. The fourth-order valence-electron chi connectivity index (χ4n) is 1.76. The molecule has 0 spiro atoms. The van der Waals surface area contributed by atoms with Crippen LogP contribution in [0.2, 0.25) is 0 Å². The molecule has 3 rings (SSSR count). The van der Waals surface area contributed by atoms with Crippen LogP contribution < -0.4 is 5.32 Å². The minimum atomic E-state index is -0.247. The predicted octanol–water partition coefficient (Wildman–Crippen LogP) is 2.68. The molecule has 3 aromatic rings. The highest BCUT2D eigenvalue weighted by Gasteiger charge is 2.03. The van der Waals surface area contributed by atoms with Crippen molar-refractivity contribution in [2.24, 2.45) is 0 Å². The molecule has 110 valence electrons. The number of thiazole rings is 1. The molecule has 1 N–H and O–H groups in total. The highest BCUT2D eigenvalue weighted by atomic mass is 32.1. The number of benzene rings is 1. The third kappa shape index (κ3) is 3.44. The van der Waals surface area contributed by atoms with Crippen molar-refractivity contribution in [3.63, 3.8) is 0 Å². The van der Waals surface area contributed by atoms with E-state index in [1.54, 1.807) is 12.3 Å². The van der Waals surface area contributed by atoms with Gasteiger partial charge in [-0.3, -0.25) is 10.1 Å². The molecule has 0 atom stereocenters. The minimum Gasteiger partial charge on any atom is -0.298 e. The van der Waals surface area contributed by atoms with Crippen molar-refractivity contribution in [1.82, 2.24) is 20.0 Å². The van der Waals surface area contributed by atoms with Crippen LogP contribution in [-0.4, -0.2) is 25.9 Å². The fourth-order valence-corrected chi connectivity index (χ4v) is 2.45. The van der Waals surface area contributed by atoms with Crippen molar-refractivity contribution in [3.05, 3.63) is 59.4 Å². The van der Waals surface area contributed by atoms with E-state index in [1.165, 1.54) is 22.2 Å². The number of carbonyl (C=O) groups excluding carboxylic acids is 1. The summed E-state index contributed by atoms with van der Waals surface area (Å²) in [4.78, 5) is 17.5. The number of nitrogens with one attached hydrogen (secondary N) is 1. The lowest BCUT2D eigenvalue weighted by Crippen LogP contribution is -2.07. The Morgan fingerprint density at radius 1 is 1.32 bits per heavy atom. The summed E-state index contributed by atoms with van der Waals surface area (Å²) in [5.41, 5.74) is 2.36. The third-order valence-electron chi connectivity index (χ3n) is 2.75. The first-order chi connectivity index (χ1) is 10.7. The maximum absolute atomic E-state index is 11.8. The van der Waals surface area contributed by atoms with Gasteiger partial charge < -0.3 is 0 Å². The van der Waals surface area contributed by atoms with Gasteiger partial charge in [-0.15, -0.1) is 16.4 Å². The quantitative estimate of drug-likeness (QED) is 0.752. The summed E-state index contributed by atoms with van der Waals surface area (Å²) in [7, 11) is 0. The van der Waals surface area contributed by atoms with Gasteiger partial charge in [0.2, 0.25) is 5.91 Å². The summed E-state index contributed by atoms with van der Waals surface area (Å²) in [5, 5.41) is 13.6. The lowest BCUT2D eigenvalue weighted by molar-refractivity contribution is -0.111. The number of nitrogens with zero attached hydrogens (tertiary/aromatic N) is 4. The molecular weight excluding hydrogens is 298 g/mol. The minimum absolute atomic E-state index is 0.247. The highest BCUT2D eigenvalue weighted by Crippen LogP contribution is 2.14. The van der Waals surface area contributed by atoms with Gasteiger partial charge in [0.15, 0.2) is 5.13 Å². The Morgan fingerprint density at radius 3 is 2.86 bits per heavy atom. The Kier molecular flexibility index (Phi) is 4.06. The Balaban J connectivity index is 1.66. The Morgan fingerprint density at radius 2 is 2.14 bits per heavy atom. The van der Waals surface area contributed by atoms with Gasteiger partial charge in [-0.25, -0.2) is 4.98 Å². The van der Waals surface area contributed by atoms with E-state index in [4.69, 9.17) is 0 Å². The van der Waals surface area contributed by atoms with Crippen molar-refractivity contribution >= 4 is 28.5 Å². The van der Waals surface area contributed by atoms with E-state index in [0.717, 1.165) is 11.4 Å². The van der Waals surface area contributed by atoms with Gasteiger partial charge in [-0.05, 0) is 25.1 Å². The van der Waals surface area contributed by atoms with Crippen LogP contribution in [0.1, 0.15) is 11.4 Å². The van der Waals surface area contributed by atoms with Crippen LogP contribution in [0.15, 0.2) is 48.0 Å². The zero-order valence-corrected chi connectivity index (χ0v) is 12.6. The monoisotopic (exact) mass is 311 g/mol. The van der Waals surface area contributed by atoms with E-state index in [-0.39, 0.29) is 5.91 Å². The van der Waals surface area contributed by atoms with Gasteiger partial charge in [-0.1, -0.05) is 18.2 Å². The van der Waals surface area contributed by atoms with E-state index < -0.39 is 0 Å². The van der Waals surface area contributed by atoms with Gasteiger partial charge in [0.05, 0.1) is 17.6 Å². The van der Waals surface area contributed by atoms with Crippen LogP contribution in [-0.2, 0) is 4.79 Å². The Hall–Kier alpha value is -2.80. The Labute approximate surface area is 131 Å². The maximum Gasteiger partial charge on any atom is 0.250 e. The zero-order valence-electron chi connectivity index (χ0n) is 11.8. The number of anilines is 1. The molecule has 6 nitrogen and oxygen atoms in total. The number of hydrogen-bond donors (Lipinski definition) is 1. The standard InChI is InChI=1S/C15H13N5OS/c1-11-10-22-15(17-11)18-14(21)8-7-12-9-16-20(19-12)13-5-3-2-4-6-13/h2-10H,1H3,(H,17,18,21). The third-order valence-corrected chi connectivity index (χ3v) is 3.63. The van der Waals surface area contributed by atoms with Crippen LogP contribution in [0.3, 0.4) is 0 Å². The maximum atomic E-state index is 11.8. The summed E-state index contributed by atoms with van der Waals surface area (Å²) in [6.45, 7) is 1.88. The van der Waals surface area contributed by atoms with Gasteiger partial charge >= 0.3 is 0 Å². The van der Waals surface area contributed by atoms with Gasteiger partial charge in [0.1, 0.15) is 5.69 Å². The van der Waals surface area contributed by atoms with Crippen molar-refractivity contribution in [1.29, 1.82) is 0 Å². The SMILES string of the molecule is Cc1csc(NC(=O)C=Cc2cnn(-c3ccccc3)n2)n1. The van der Waals surface area contributed by atoms with E-state index >= 15 is 0 Å². The van der Waals surface area contributed by atoms with Crippen LogP contribution in [0.5, 0.6) is 0 Å². The summed E-state index contributed by atoms with van der Waals surface area (Å²) in [6, 6.07) is 9.57. The largest absolute Gasteiger partial charge is 0.298 e. The molecular formula is C15H13N5OS. The molecule has 2 aromatic heterocycles. The van der Waals surface area contributed by atoms with Crippen LogP contribution in [0.25, 0.3) is 11.8 Å². The molecule has 0 radical (unpaired) electrons. The van der Waals surface area contributed by atoms with Crippen LogP contribution in [0.4, 0.5) is 5.13 Å². The second kappa shape index (κ2) is 6.31. The first-order valence-electron chi connectivity index (χ1n) is 6.60. The number of hydrogen-bond acceptors (Lipinski definition) is 5. The van der Waals surface area contributed by atoms with Gasteiger partial charge in [0.25, 0.3) is 0 Å². The molecule has 0 bridgehead atoms. The average molecular weight is 311 g/mol. The first kappa shape index (κ1) is 14.2. The molecule has 0 aliphatic heterocycles. The lowest BCUT2D eigenvalue weighted by atomic mass is 10.3. The summed E-state index contributed by atoms with van der Waals surface area (Å²) in [5.74, 6) is -0.247. The molecule has 7 heteroatoms. The van der Waals surface area contributed by atoms with Crippen molar-refractivity contribution in [2.75, 3.05) is 5.32 Å². The van der Waals surface area contributed by atoms with Crippen molar-refractivity contribution in [2.45, 2.75) is 6.92 Å². The molecule has 1 amide bonds. The highest BCUT2D eigenvalue weighted by molar-refractivity contribution is 7.13. The number of amides is 1. The van der Waals surface area contributed by atoms with E-state index in [9.17, 15) is 4.79 Å². The molecule has 0 aliphatic carbocycles. The van der Waals surface area contributed by atoms with Gasteiger partial charge in [0, 0.05) is 11.5 Å². The van der Waals surface area contributed by atoms with E-state index in [2.05, 4.69) is 20.5 Å². The van der Waals surface area contributed by atoms with Gasteiger partial charge in [-0.2, -0.15) is 9.90 Å². The lowest BCUT2D eigenvalue weighted by Gasteiger charge is -1.96. The number of rotatable bonds is 4. The van der Waals surface area contributed by atoms with E-state index in [0.29, 0.717) is 10.8 Å². The van der Waals surface area contributed by atoms with Crippen molar-refractivity contribution in [3.8, 4) is 5.69 Å². The van der Waals surface area contributed by atoms with Crippen LogP contribution >= 0.6 is 11.3 Å². The number of aromatic nitrogens is 4. The Bertz CT molecular complexity index is 806. The number of para-hydroxylation sites is 1. The molecule has 2 heterocycles. The fraction of sp³-hybridized carbons (Fsp3) is 0.0667. The molecule has 22 heavy (non-hydrogen) atoms. The molecule has 0 saturated carbocycles. The summed E-state index contributed by atoms with van der Waals surface area (Å²) >= 11 is 1.39. The summed E-state index contributed by atoms with van der Waals surface area (Å²) < 4.78 is 0. The second-order valence-corrected chi connectivity index (χ2v) is 5.37. The topological polar surface area (TPSA) is 72.7 Å². The molecule has 0 aliphatic rings. The smallest absolute Gasteiger partial charge is 0.250 e. The average Bonchev–Trinajstić information content (AvgIpc) is 3.15. The summed E-state index contributed by atoms with van der Waals surface area (Å²) in [6.07, 6.45) is 4.63.